The molecule has 1 aliphatic heterocycles. The largest absolute Gasteiger partial charge is 0.357 e. The van der Waals surface area contributed by atoms with Crippen molar-refractivity contribution in [3.05, 3.63) is 35.9 Å². The Morgan fingerprint density at radius 3 is 2.93 bits per heavy atom. The second kappa shape index (κ2) is 4.64. The van der Waals surface area contributed by atoms with Crippen molar-refractivity contribution in [1.29, 1.82) is 0 Å². The zero-order chi connectivity index (χ0) is 9.80. The van der Waals surface area contributed by atoms with Crippen molar-refractivity contribution in [2.45, 2.75) is 12.8 Å². The molecule has 3 heteroatoms. The third-order valence-electron chi connectivity index (χ3n) is 2.37. The minimum absolute atomic E-state index is 0.0187. The zero-order valence-electron chi connectivity index (χ0n) is 7.93. The van der Waals surface area contributed by atoms with Gasteiger partial charge in [-0.25, -0.2) is 0 Å². The Morgan fingerprint density at radius 2 is 2.21 bits per heavy atom. The summed E-state index contributed by atoms with van der Waals surface area (Å²) in [5, 5.41) is 1.69. The number of hydrogen-bond donors (Lipinski definition) is 0. The molecular weight excluding hydrogens is 194 g/mol. The van der Waals surface area contributed by atoms with Crippen LogP contribution in [0.25, 0.3) is 0 Å². The van der Waals surface area contributed by atoms with E-state index < -0.39 is 0 Å². The van der Waals surface area contributed by atoms with Gasteiger partial charge in [0, 0.05) is 18.5 Å². The predicted octanol–water partition coefficient (Wildman–Crippen LogP) is 1.84. The van der Waals surface area contributed by atoms with Crippen molar-refractivity contribution in [3.63, 3.8) is 0 Å². The smallest absolute Gasteiger partial charge is 0.140 e. The van der Waals surface area contributed by atoms with E-state index in [-0.39, 0.29) is 6.23 Å². The van der Waals surface area contributed by atoms with Gasteiger partial charge in [0.25, 0.3) is 0 Å². The van der Waals surface area contributed by atoms with Crippen LogP contribution in [0.5, 0.6) is 0 Å². The first-order chi connectivity index (χ1) is 6.90. The van der Waals surface area contributed by atoms with E-state index in [4.69, 9.17) is 17.0 Å². The predicted molar refractivity (Wildman–Crippen MR) is 60.2 cm³/mol. The molecule has 0 aromatic heterocycles. The molecule has 14 heavy (non-hydrogen) atoms. The van der Waals surface area contributed by atoms with Gasteiger partial charge >= 0.3 is 0 Å². The molecule has 1 aromatic carbocycles. The Hall–Kier alpha value is -0.770. The summed E-state index contributed by atoms with van der Waals surface area (Å²) in [6, 6.07) is 10.4. The SMILES string of the molecule is S=CC1OCCN1Cc1ccccc1. The highest BCUT2D eigenvalue weighted by molar-refractivity contribution is 7.79. The molecule has 0 amide bonds. The number of benzene rings is 1. The normalized spacial score (nSPS) is 22.4. The van der Waals surface area contributed by atoms with Crippen molar-refractivity contribution >= 4 is 17.6 Å². The molecule has 1 aliphatic rings. The van der Waals surface area contributed by atoms with E-state index in [9.17, 15) is 0 Å². The maximum atomic E-state index is 5.45. The van der Waals surface area contributed by atoms with Crippen LogP contribution in [-0.4, -0.2) is 29.6 Å². The molecule has 0 saturated carbocycles. The Balaban J connectivity index is 2.00. The van der Waals surface area contributed by atoms with Crippen molar-refractivity contribution < 1.29 is 4.74 Å². The molecule has 0 aliphatic carbocycles. The Labute approximate surface area is 89.5 Å². The standard InChI is InChI=1S/C11H13NOS/c14-9-11-12(6-7-13-11)8-10-4-2-1-3-5-10/h1-5,9,11H,6-8H2. The Bertz CT molecular complexity index is 301. The molecule has 2 rings (SSSR count). The first-order valence-corrected chi connectivity index (χ1v) is 5.22. The summed E-state index contributed by atoms with van der Waals surface area (Å²) in [5.41, 5.74) is 1.31. The zero-order valence-corrected chi connectivity index (χ0v) is 8.74. The van der Waals surface area contributed by atoms with Gasteiger partial charge in [0.2, 0.25) is 0 Å². The van der Waals surface area contributed by atoms with E-state index in [0.717, 1.165) is 19.7 Å². The fraction of sp³-hybridized carbons (Fsp3) is 0.364. The van der Waals surface area contributed by atoms with Crippen LogP contribution >= 0.6 is 12.2 Å². The molecule has 1 unspecified atom stereocenters. The maximum absolute atomic E-state index is 5.45. The minimum atomic E-state index is 0.0187. The lowest BCUT2D eigenvalue weighted by molar-refractivity contribution is 0.0913. The first kappa shape index (κ1) is 9.77. The molecule has 1 saturated heterocycles. The lowest BCUT2D eigenvalue weighted by Crippen LogP contribution is -2.30. The van der Waals surface area contributed by atoms with Gasteiger partial charge < -0.3 is 4.74 Å². The van der Waals surface area contributed by atoms with E-state index in [1.54, 1.807) is 5.37 Å². The van der Waals surface area contributed by atoms with Crippen LogP contribution in [0.3, 0.4) is 0 Å². The van der Waals surface area contributed by atoms with E-state index in [0.29, 0.717) is 0 Å². The lowest BCUT2D eigenvalue weighted by atomic mass is 10.2. The molecule has 1 atom stereocenters. The summed E-state index contributed by atoms with van der Waals surface area (Å²) in [7, 11) is 0. The van der Waals surface area contributed by atoms with Gasteiger partial charge in [-0.2, -0.15) is 0 Å². The second-order valence-corrected chi connectivity index (χ2v) is 3.63. The minimum Gasteiger partial charge on any atom is -0.357 e. The molecule has 0 bridgehead atoms. The Kier molecular flexibility index (Phi) is 3.24. The number of hydrogen-bond acceptors (Lipinski definition) is 3. The first-order valence-electron chi connectivity index (χ1n) is 4.75. The molecule has 74 valence electrons. The molecule has 2 nitrogen and oxygen atoms in total. The van der Waals surface area contributed by atoms with Gasteiger partial charge in [-0.3, -0.25) is 4.90 Å². The molecule has 1 heterocycles. The van der Waals surface area contributed by atoms with Crippen LogP contribution in [0.1, 0.15) is 5.56 Å². The van der Waals surface area contributed by atoms with Crippen LogP contribution in [0, 0.1) is 0 Å². The Morgan fingerprint density at radius 1 is 1.43 bits per heavy atom. The summed E-state index contributed by atoms with van der Waals surface area (Å²) < 4.78 is 5.45. The van der Waals surface area contributed by atoms with Gasteiger partial charge in [0.15, 0.2) is 0 Å². The van der Waals surface area contributed by atoms with Gasteiger partial charge in [0.05, 0.1) is 6.61 Å². The topological polar surface area (TPSA) is 12.5 Å². The third kappa shape index (κ3) is 2.18. The van der Waals surface area contributed by atoms with E-state index >= 15 is 0 Å². The van der Waals surface area contributed by atoms with Gasteiger partial charge in [0.1, 0.15) is 6.23 Å². The fourth-order valence-corrected chi connectivity index (χ4v) is 1.89. The van der Waals surface area contributed by atoms with Crippen LogP contribution < -0.4 is 0 Å². The van der Waals surface area contributed by atoms with Crippen molar-refractivity contribution in [3.8, 4) is 0 Å². The molecule has 0 radical (unpaired) electrons. The van der Waals surface area contributed by atoms with Gasteiger partial charge in [-0.05, 0) is 5.56 Å². The van der Waals surface area contributed by atoms with Crippen molar-refractivity contribution in [2.24, 2.45) is 0 Å². The van der Waals surface area contributed by atoms with Crippen LogP contribution in [0.2, 0.25) is 0 Å². The molecule has 1 aromatic rings. The van der Waals surface area contributed by atoms with Gasteiger partial charge in [-0.1, -0.05) is 42.5 Å². The molecule has 0 spiro atoms. The summed E-state index contributed by atoms with van der Waals surface area (Å²) in [6.45, 7) is 2.66. The summed E-state index contributed by atoms with van der Waals surface area (Å²) in [5.74, 6) is 0. The molecule has 0 N–H and O–H groups in total. The van der Waals surface area contributed by atoms with E-state index in [2.05, 4.69) is 29.2 Å². The number of thiocarbonyl (C=S) groups is 1. The molecular formula is C11H13NOS. The van der Waals surface area contributed by atoms with Crippen LogP contribution in [0.4, 0.5) is 0 Å². The van der Waals surface area contributed by atoms with Crippen LogP contribution in [0.15, 0.2) is 30.3 Å². The highest BCUT2D eigenvalue weighted by atomic mass is 32.1. The van der Waals surface area contributed by atoms with E-state index in [1.807, 2.05) is 6.07 Å². The van der Waals surface area contributed by atoms with Crippen LogP contribution in [-0.2, 0) is 11.3 Å². The molecule has 1 fully saturated rings. The summed E-state index contributed by atoms with van der Waals surface area (Å²) in [4.78, 5) is 2.24. The third-order valence-corrected chi connectivity index (χ3v) is 2.60. The summed E-state index contributed by atoms with van der Waals surface area (Å²) in [6.07, 6.45) is 0.0187. The second-order valence-electron chi connectivity index (χ2n) is 3.35. The van der Waals surface area contributed by atoms with E-state index in [1.165, 1.54) is 5.56 Å². The fourth-order valence-electron chi connectivity index (χ4n) is 1.64. The van der Waals surface area contributed by atoms with Crippen molar-refractivity contribution in [2.75, 3.05) is 13.2 Å². The number of rotatable bonds is 3. The number of ether oxygens (including phenoxy) is 1. The average molecular weight is 207 g/mol. The summed E-state index contributed by atoms with van der Waals surface area (Å²) >= 11 is 4.91. The average Bonchev–Trinajstić information content (AvgIpc) is 2.67. The monoisotopic (exact) mass is 207 g/mol. The van der Waals surface area contributed by atoms with Crippen molar-refractivity contribution in [1.82, 2.24) is 4.90 Å². The van der Waals surface area contributed by atoms with Gasteiger partial charge in [-0.15, -0.1) is 0 Å². The highest BCUT2D eigenvalue weighted by Gasteiger charge is 2.22. The lowest BCUT2D eigenvalue weighted by Gasteiger charge is -2.18. The quantitative estimate of drug-likeness (QED) is 0.702. The maximum Gasteiger partial charge on any atom is 0.140 e. The number of nitrogens with zero attached hydrogens (tertiary/aromatic N) is 1. The highest BCUT2D eigenvalue weighted by Crippen LogP contribution is 2.12.